The van der Waals surface area contributed by atoms with Gasteiger partial charge in [-0.25, -0.2) is 0 Å². The SMILES string of the molecule is CCCN(C)C(=O)C(C)C(C)(C)C. The smallest absolute Gasteiger partial charge is 0.225 e. The first-order chi connectivity index (χ1) is 5.80. The van der Waals surface area contributed by atoms with Crippen LogP contribution in [-0.4, -0.2) is 24.4 Å². The molecule has 2 nitrogen and oxygen atoms in total. The molecule has 0 heterocycles. The summed E-state index contributed by atoms with van der Waals surface area (Å²) in [5, 5.41) is 0. The Labute approximate surface area is 82.3 Å². The van der Waals surface area contributed by atoms with Crippen molar-refractivity contribution in [1.29, 1.82) is 0 Å². The third kappa shape index (κ3) is 3.79. The minimum Gasteiger partial charge on any atom is -0.346 e. The van der Waals surface area contributed by atoms with Gasteiger partial charge in [-0.15, -0.1) is 0 Å². The number of hydrogen-bond donors (Lipinski definition) is 0. The van der Waals surface area contributed by atoms with Crippen molar-refractivity contribution in [3.05, 3.63) is 0 Å². The molecule has 0 aliphatic rings. The number of carbonyl (C=O) groups is 1. The van der Waals surface area contributed by atoms with Crippen LogP contribution in [0.1, 0.15) is 41.0 Å². The number of hydrogen-bond acceptors (Lipinski definition) is 1. The van der Waals surface area contributed by atoms with Crippen LogP contribution < -0.4 is 0 Å². The van der Waals surface area contributed by atoms with E-state index in [1.807, 2.05) is 18.9 Å². The quantitative estimate of drug-likeness (QED) is 0.661. The summed E-state index contributed by atoms with van der Waals surface area (Å²) >= 11 is 0. The average Bonchev–Trinajstić information content (AvgIpc) is 2.00. The molecule has 0 N–H and O–H groups in total. The normalized spacial score (nSPS) is 14.0. The largest absolute Gasteiger partial charge is 0.346 e. The highest BCUT2D eigenvalue weighted by molar-refractivity contribution is 5.78. The van der Waals surface area contributed by atoms with E-state index in [4.69, 9.17) is 0 Å². The van der Waals surface area contributed by atoms with Gasteiger partial charge in [-0.3, -0.25) is 4.79 Å². The van der Waals surface area contributed by atoms with Crippen molar-refractivity contribution in [1.82, 2.24) is 4.90 Å². The van der Waals surface area contributed by atoms with Gasteiger partial charge in [0.05, 0.1) is 0 Å². The first kappa shape index (κ1) is 12.5. The zero-order chi connectivity index (χ0) is 10.6. The van der Waals surface area contributed by atoms with E-state index < -0.39 is 0 Å². The highest BCUT2D eigenvalue weighted by atomic mass is 16.2. The van der Waals surface area contributed by atoms with Crippen molar-refractivity contribution in [2.75, 3.05) is 13.6 Å². The van der Waals surface area contributed by atoms with E-state index >= 15 is 0 Å². The van der Waals surface area contributed by atoms with E-state index in [9.17, 15) is 4.79 Å². The van der Waals surface area contributed by atoms with E-state index in [0.717, 1.165) is 13.0 Å². The van der Waals surface area contributed by atoms with Crippen molar-refractivity contribution < 1.29 is 4.79 Å². The first-order valence-electron chi connectivity index (χ1n) is 5.05. The fourth-order valence-corrected chi connectivity index (χ4v) is 1.15. The van der Waals surface area contributed by atoms with Gasteiger partial charge in [-0.05, 0) is 11.8 Å². The molecule has 13 heavy (non-hydrogen) atoms. The molecule has 1 amide bonds. The summed E-state index contributed by atoms with van der Waals surface area (Å²) < 4.78 is 0. The van der Waals surface area contributed by atoms with E-state index in [2.05, 4.69) is 27.7 Å². The van der Waals surface area contributed by atoms with Crippen LogP contribution in [0.5, 0.6) is 0 Å². The average molecular weight is 185 g/mol. The van der Waals surface area contributed by atoms with E-state index in [1.54, 1.807) is 0 Å². The molecular weight excluding hydrogens is 162 g/mol. The van der Waals surface area contributed by atoms with Crippen LogP contribution >= 0.6 is 0 Å². The summed E-state index contributed by atoms with van der Waals surface area (Å²) in [5.74, 6) is 0.360. The molecule has 0 spiro atoms. The van der Waals surface area contributed by atoms with Gasteiger partial charge in [-0.2, -0.15) is 0 Å². The minimum atomic E-state index is 0.0685. The lowest BCUT2D eigenvalue weighted by molar-refractivity contribution is -0.136. The van der Waals surface area contributed by atoms with Gasteiger partial charge < -0.3 is 4.90 Å². The molecule has 2 heteroatoms. The number of carbonyl (C=O) groups excluding carboxylic acids is 1. The standard InChI is InChI=1S/C11H23NO/c1-7-8-12(6)10(13)9(2)11(3,4)5/h9H,7-8H2,1-6H3. The van der Waals surface area contributed by atoms with Crippen LogP contribution in [0.25, 0.3) is 0 Å². The van der Waals surface area contributed by atoms with Gasteiger partial charge in [0.15, 0.2) is 0 Å². The Bertz CT molecular complexity index is 169. The fraction of sp³-hybridized carbons (Fsp3) is 0.909. The maximum atomic E-state index is 11.8. The number of amides is 1. The monoisotopic (exact) mass is 185 g/mol. The van der Waals surface area contributed by atoms with Crippen LogP contribution in [0.2, 0.25) is 0 Å². The lowest BCUT2D eigenvalue weighted by Gasteiger charge is -2.30. The topological polar surface area (TPSA) is 20.3 Å². The van der Waals surface area contributed by atoms with Gasteiger partial charge in [-0.1, -0.05) is 34.6 Å². The Morgan fingerprint density at radius 3 is 2.15 bits per heavy atom. The molecule has 0 rings (SSSR count). The molecule has 0 fully saturated rings. The predicted molar refractivity (Wildman–Crippen MR) is 56.5 cm³/mol. The fourth-order valence-electron chi connectivity index (χ4n) is 1.15. The summed E-state index contributed by atoms with van der Waals surface area (Å²) in [6, 6.07) is 0. The van der Waals surface area contributed by atoms with E-state index in [-0.39, 0.29) is 17.2 Å². The van der Waals surface area contributed by atoms with Gasteiger partial charge in [0.1, 0.15) is 0 Å². The minimum absolute atomic E-state index is 0.0685. The first-order valence-corrected chi connectivity index (χ1v) is 5.05. The zero-order valence-corrected chi connectivity index (χ0v) is 9.85. The highest BCUT2D eigenvalue weighted by Gasteiger charge is 2.28. The second kappa shape index (κ2) is 4.64. The molecule has 0 radical (unpaired) electrons. The highest BCUT2D eigenvalue weighted by Crippen LogP contribution is 2.26. The zero-order valence-electron chi connectivity index (χ0n) is 9.85. The lowest BCUT2D eigenvalue weighted by atomic mass is 9.81. The molecule has 0 saturated heterocycles. The molecule has 0 aromatic rings. The van der Waals surface area contributed by atoms with E-state index in [1.165, 1.54) is 0 Å². The van der Waals surface area contributed by atoms with Gasteiger partial charge in [0.25, 0.3) is 0 Å². The second-order valence-corrected chi connectivity index (χ2v) is 4.85. The van der Waals surface area contributed by atoms with E-state index in [0.29, 0.717) is 0 Å². The van der Waals surface area contributed by atoms with Crippen LogP contribution in [0, 0.1) is 11.3 Å². The van der Waals surface area contributed by atoms with Crippen molar-refractivity contribution in [3.63, 3.8) is 0 Å². The Morgan fingerprint density at radius 2 is 1.85 bits per heavy atom. The molecule has 1 unspecified atom stereocenters. The van der Waals surface area contributed by atoms with Gasteiger partial charge in [0.2, 0.25) is 5.91 Å². The van der Waals surface area contributed by atoms with Crippen molar-refractivity contribution in [2.45, 2.75) is 41.0 Å². The second-order valence-electron chi connectivity index (χ2n) is 4.85. The third-order valence-electron chi connectivity index (χ3n) is 2.60. The van der Waals surface area contributed by atoms with Crippen LogP contribution in [0.3, 0.4) is 0 Å². The van der Waals surface area contributed by atoms with Crippen molar-refractivity contribution in [3.8, 4) is 0 Å². The van der Waals surface area contributed by atoms with Crippen molar-refractivity contribution in [2.24, 2.45) is 11.3 Å². The number of nitrogens with zero attached hydrogens (tertiary/aromatic N) is 1. The van der Waals surface area contributed by atoms with Gasteiger partial charge >= 0.3 is 0 Å². The summed E-state index contributed by atoms with van der Waals surface area (Å²) in [6.07, 6.45) is 1.03. The Morgan fingerprint density at radius 1 is 1.38 bits per heavy atom. The molecule has 0 aromatic carbocycles. The van der Waals surface area contributed by atoms with Gasteiger partial charge in [0, 0.05) is 19.5 Å². The third-order valence-corrected chi connectivity index (χ3v) is 2.60. The Kier molecular flexibility index (Phi) is 4.45. The lowest BCUT2D eigenvalue weighted by Crippen LogP contribution is -2.37. The summed E-state index contributed by atoms with van der Waals surface area (Å²) in [7, 11) is 1.88. The number of rotatable bonds is 3. The predicted octanol–water partition coefficient (Wildman–Crippen LogP) is 2.54. The molecule has 0 aromatic heterocycles. The maximum absolute atomic E-state index is 11.8. The summed E-state index contributed by atoms with van der Waals surface area (Å²) in [4.78, 5) is 13.6. The van der Waals surface area contributed by atoms with Crippen LogP contribution in [0.4, 0.5) is 0 Å². The molecule has 1 atom stereocenters. The molecule has 0 saturated carbocycles. The molecule has 0 bridgehead atoms. The molecular formula is C11H23NO. The molecule has 0 aliphatic carbocycles. The molecule has 0 aliphatic heterocycles. The summed E-state index contributed by atoms with van der Waals surface area (Å²) in [5.41, 5.74) is 0.0685. The summed E-state index contributed by atoms with van der Waals surface area (Å²) in [6.45, 7) is 11.3. The van der Waals surface area contributed by atoms with Crippen LogP contribution in [0.15, 0.2) is 0 Å². The Balaban J connectivity index is 4.26. The Hall–Kier alpha value is -0.530. The maximum Gasteiger partial charge on any atom is 0.225 e. The molecule has 78 valence electrons. The van der Waals surface area contributed by atoms with Crippen molar-refractivity contribution >= 4 is 5.91 Å². The van der Waals surface area contributed by atoms with Crippen LogP contribution in [-0.2, 0) is 4.79 Å².